The van der Waals surface area contributed by atoms with Crippen LogP contribution in [-0.4, -0.2) is 45.7 Å². The molecule has 8 amide bonds. The van der Waals surface area contributed by atoms with Crippen LogP contribution in [-0.2, 0) is 36.2 Å². The van der Waals surface area contributed by atoms with Gasteiger partial charge in [0.1, 0.15) is 0 Å². The molecular formula is C28H30CuN6O6. The first-order chi connectivity index (χ1) is 19.1. The van der Waals surface area contributed by atoms with Crippen molar-refractivity contribution in [1.82, 2.24) is 20.6 Å². The Morgan fingerprint density at radius 3 is 1.24 bits per heavy atom. The zero-order valence-electron chi connectivity index (χ0n) is 23.0. The summed E-state index contributed by atoms with van der Waals surface area (Å²) in [7, 11) is 0. The van der Waals surface area contributed by atoms with Crippen LogP contribution in [0, 0.1) is 10.8 Å². The summed E-state index contributed by atoms with van der Waals surface area (Å²) in [5.74, 6) is -2.29. The van der Waals surface area contributed by atoms with Crippen LogP contribution in [0.3, 0.4) is 0 Å². The standard InChI is InChI=1S/C12H8N2.2C8H12N2O3.Cu/c1-3-9-5-6-10-4-2-8-14-12(10)11(9)13-7-1;2*1-3-8(4-2)5(11)9-7(13)10-6(8)12;/h1-8H;2*3-4H2,1-2H3,(H2,9,10,11,12,13);/q;;;+2/p-2. The smallest absolute Gasteiger partial charge is 0.394 e. The summed E-state index contributed by atoms with van der Waals surface area (Å²) in [6, 6.07) is 10.4. The Labute approximate surface area is 247 Å². The summed E-state index contributed by atoms with van der Waals surface area (Å²) in [5, 5.41) is 12.8. The monoisotopic (exact) mass is 609 g/mol. The number of amides is 8. The molecule has 2 N–H and O–H groups in total. The van der Waals surface area contributed by atoms with Crippen LogP contribution in [0.4, 0.5) is 9.59 Å². The van der Waals surface area contributed by atoms with Crippen LogP contribution in [0.15, 0.2) is 48.8 Å². The van der Waals surface area contributed by atoms with E-state index in [1.54, 1.807) is 40.1 Å². The third kappa shape index (κ3) is 6.58. The Kier molecular flexibility index (Phi) is 11.2. The van der Waals surface area contributed by atoms with E-state index in [0.717, 1.165) is 21.8 Å². The summed E-state index contributed by atoms with van der Waals surface area (Å²) in [6.45, 7) is 6.91. The van der Waals surface area contributed by atoms with Crippen molar-refractivity contribution >= 4 is 57.5 Å². The van der Waals surface area contributed by atoms with Crippen molar-refractivity contribution in [1.29, 1.82) is 0 Å². The van der Waals surface area contributed by atoms with E-state index in [0.29, 0.717) is 25.7 Å². The van der Waals surface area contributed by atoms with Crippen molar-refractivity contribution < 1.29 is 45.8 Å². The van der Waals surface area contributed by atoms with Gasteiger partial charge in [0.2, 0.25) is 0 Å². The number of carbonyl (C=O) groups is 6. The third-order valence-electron chi connectivity index (χ3n) is 7.29. The molecule has 0 atom stereocenters. The Balaban J connectivity index is 0.000000213. The summed E-state index contributed by atoms with van der Waals surface area (Å²) in [4.78, 5) is 75.5. The van der Waals surface area contributed by atoms with E-state index in [2.05, 4.69) is 44.9 Å². The molecule has 12 nitrogen and oxygen atoms in total. The Bertz CT molecular complexity index is 1330. The van der Waals surface area contributed by atoms with Gasteiger partial charge in [0.25, 0.3) is 0 Å². The average Bonchev–Trinajstić information content (AvgIpc) is 2.94. The van der Waals surface area contributed by atoms with Crippen molar-refractivity contribution in [3.8, 4) is 0 Å². The Morgan fingerprint density at radius 1 is 0.610 bits per heavy atom. The molecule has 13 heteroatoms. The van der Waals surface area contributed by atoms with Gasteiger partial charge in [-0.05, 0) is 37.8 Å². The molecule has 2 aliphatic rings. The average molecular weight is 610 g/mol. The fourth-order valence-corrected chi connectivity index (χ4v) is 4.51. The molecule has 2 aromatic heterocycles. The van der Waals surface area contributed by atoms with Gasteiger partial charge in [0.15, 0.2) is 35.7 Å². The molecule has 0 spiro atoms. The van der Waals surface area contributed by atoms with Gasteiger partial charge < -0.3 is 21.3 Å². The molecule has 4 heterocycles. The SMILES string of the molecule is CCC1(CC)C(=O)[N-]C(=O)NC1=O.CCC1(CC)C(=O)[N-]C(=O)NC1=O.[Cu+2].c1cnc2c(c1)ccc1cccnc12. The second-order valence-electron chi connectivity index (χ2n) is 9.15. The Morgan fingerprint density at radius 2 is 0.951 bits per heavy atom. The molecule has 0 bridgehead atoms. The first-order valence-electron chi connectivity index (χ1n) is 12.9. The molecule has 1 radical (unpaired) electrons. The number of pyridine rings is 2. The molecular weight excluding hydrogens is 580 g/mol. The van der Waals surface area contributed by atoms with Gasteiger partial charge in [0, 0.05) is 23.2 Å². The minimum Gasteiger partial charge on any atom is -0.394 e. The van der Waals surface area contributed by atoms with Crippen molar-refractivity contribution in [2.45, 2.75) is 53.4 Å². The van der Waals surface area contributed by atoms with E-state index >= 15 is 0 Å². The molecule has 219 valence electrons. The zero-order chi connectivity index (χ0) is 29.5. The van der Waals surface area contributed by atoms with Crippen molar-refractivity contribution in [2.75, 3.05) is 0 Å². The summed E-state index contributed by atoms with van der Waals surface area (Å²) in [6.07, 6.45) is 5.07. The molecule has 2 saturated heterocycles. The number of barbiturate groups is 2. The molecule has 41 heavy (non-hydrogen) atoms. The first kappa shape index (κ1) is 33.0. The van der Waals surface area contributed by atoms with Gasteiger partial charge >= 0.3 is 17.1 Å². The number of fused-ring (bicyclic) bond motifs is 3. The second-order valence-corrected chi connectivity index (χ2v) is 9.15. The molecule has 0 unspecified atom stereocenters. The van der Waals surface area contributed by atoms with Crippen LogP contribution in [0.2, 0.25) is 0 Å². The van der Waals surface area contributed by atoms with Gasteiger partial charge in [-0.25, -0.2) is 0 Å². The van der Waals surface area contributed by atoms with E-state index in [4.69, 9.17) is 0 Å². The molecule has 3 aromatic rings. The quantitative estimate of drug-likeness (QED) is 0.243. The van der Waals surface area contributed by atoms with E-state index in [9.17, 15) is 28.8 Å². The number of hydrogen-bond donors (Lipinski definition) is 2. The maximum atomic E-state index is 11.4. The van der Waals surface area contributed by atoms with Crippen LogP contribution in [0.5, 0.6) is 0 Å². The zero-order valence-corrected chi connectivity index (χ0v) is 23.9. The number of nitrogens with one attached hydrogen (secondary N) is 2. The fraction of sp³-hybridized carbons (Fsp3) is 0.357. The first-order valence-corrected chi connectivity index (χ1v) is 12.9. The van der Waals surface area contributed by atoms with Gasteiger partial charge in [-0.3, -0.25) is 38.7 Å². The number of urea groups is 2. The number of benzene rings is 1. The van der Waals surface area contributed by atoms with Crippen molar-refractivity contribution in [2.24, 2.45) is 10.8 Å². The predicted molar refractivity (Wildman–Crippen MR) is 147 cm³/mol. The van der Waals surface area contributed by atoms with Crippen molar-refractivity contribution in [3.63, 3.8) is 0 Å². The van der Waals surface area contributed by atoms with E-state index in [1.165, 1.54) is 0 Å². The third-order valence-corrected chi connectivity index (χ3v) is 7.29. The van der Waals surface area contributed by atoms with Gasteiger partial charge in [-0.15, -0.1) is 0 Å². The Hall–Kier alpha value is -4.22. The number of imide groups is 4. The van der Waals surface area contributed by atoms with E-state index in [1.807, 2.05) is 22.8 Å². The minimum absolute atomic E-state index is 0. The maximum Gasteiger partial charge on any atom is 2.00 e. The van der Waals surface area contributed by atoms with Crippen LogP contribution in [0.1, 0.15) is 53.4 Å². The molecule has 2 fully saturated rings. The largest absolute Gasteiger partial charge is 2.00 e. The van der Waals surface area contributed by atoms with Crippen molar-refractivity contribution in [3.05, 3.63) is 59.4 Å². The molecule has 0 aliphatic carbocycles. The number of hydrogen-bond acceptors (Lipinski definition) is 8. The van der Waals surface area contributed by atoms with Gasteiger partial charge in [0.05, 0.1) is 21.9 Å². The topological polar surface area (TPSA) is 180 Å². The number of carbonyl (C=O) groups excluding carboxylic acids is 6. The van der Waals surface area contributed by atoms with Gasteiger partial charge in [-0.2, -0.15) is 0 Å². The normalized spacial score (nSPS) is 17.0. The van der Waals surface area contributed by atoms with Crippen LogP contribution < -0.4 is 10.6 Å². The molecule has 2 aliphatic heterocycles. The minimum atomic E-state index is -1.12. The fourth-order valence-electron chi connectivity index (χ4n) is 4.51. The summed E-state index contributed by atoms with van der Waals surface area (Å²) in [5.41, 5.74) is -0.279. The van der Waals surface area contributed by atoms with E-state index in [-0.39, 0.29) is 17.1 Å². The number of rotatable bonds is 4. The number of aromatic nitrogens is 2. The molecule has 1 aromatic carbocycles. The molecule has 5 rings (SSSR count). The maximum absolute atomic E-state index is 11.4. The summed E-state index contributed by atoms with van der Waals surface area (Å²) >= 11 is 0. The predicted octanol–water partition coefficient (Wildman–Crippen LogP) is 4.67. The van der Waals surface area contributed by atoms with Crippen LogP contribution >= 0.6 is 0 Å². The van der Waals surface area contributed by atoms with E-state index < -0.39 is 46.5 Å². The summed E-state index contributed by atoms with van der Waals surface area (Å²) < 4.78 is 0. The van der Waals surface area contributed by atoms with Crippen LogP contribution in [0.25, 0.3) is 32.4 Å². The molecule has 0 saturated carbocycles. The number of nitrogens with zero attached hydrogens (tertiary/aromatic N) is 4. The second kappa shape index (κ2) is 13.9. The van der Waals surface area contributed by atoms with Gasteiger partial charge in [-0.1, -0.05) is 52.0 Å².